The van der Waals surface area contributed by atoms with Gasteiger partial charge in [0.25, 0.3) is 11.8 Å². The van der Waals surface area contributed by atoms with Gasteiger partial charge in [-0.2, -0.15) is 0 Å². The van der Waals surface area contributed by atoms with Crippen molar-refractivity contribution in [3.8, 4) is 0 Å². The number of carbonyl (C=O) groups excluding carboxylic acids is 3. The van der Waals surface area contributed by atoms with Crippen LogP contribution in [0.2, 0.25) is 0 Å². The fraction of sp³-hybridized carbons (Fsp3) is 0.769. The molecule has 2 unspecified atom stereocenters. The molecule has 6 nitrogen and oxygen atoms in total. The molecule has 1 aliphatic carbocycles. The summed E-state index contributed by atoms with van der Waals surface area (Å²) in [5, 5.41) is 0.516. The number of imide groups is 1. The highest BCUT2D eigenvalue weighted by Gasteiger charge is 2.34. The first-order valence-electron chi connectivity index (χ1n) is 6.80. The number of hydroxylamine groups is 2. The van der Waals surface area contributed by atoms with Crippen molar-refractivity contribution in [2.24, 2.45) is 5.92 Å². The predicted octanol–water partition coefficient (Wildman–Crippen LogP) is 2.17. The van der Waals surface area contributed by atoms with Gasteiger partial charge in [-0.1, -0.05) is 24.8 Å². The van der Waals surface area contributed by atoms with Gasteiger partial charge in [0.05, 0.1) is 0 Å². The van der Waals surface area contributed by atoms with Crippen LogP contribution in [0.1, 0.15) is 51.9 Å². The van der Waals surface area contributed by atoms with Gasteiger partial charge in [0.1, 0.15) is 6.10 Å². The standard InChI is InChI=1S/C13H19NO5/c1-9-4-2-3-5-10(8-9)18-13(17)19-14-11(15)6-7-12(14)16/h9-10H,2-8H2,1H3. The number of carbonyl (C=O) groups is 3. The van der Waals surface area contributed by atoms with Crippen LogP contribution in [0, 0.1) is 5.92 Å². The van der Waals surface area contributed by atoms with E-state index in [2.05, 4.69) is 11.8 Å². The Morgan fingerprint density at radius 3 is 2.47 bits per heavy atom. The van der Waals surface area contributed by atoms with E-state index >= 15 is 0 Å². The van der Waals surface area contributed by atoms with Gasteiger partial charge < -0.3 is 4.74 Å². The molecule has 0 spiro atoms. The van der Waals surface area contributed by atoms with Gasteiger partial charge in [-0.3, -0.25) is 14.4 Å². The normalized spacial score (nSPS) is 28.2. The smallest absolute Gasteiger partial charge is 0.429 e. The molecule has 1 saturated heterocycles. The van der Waals surface area contributed by atoms with Crippen molar-refractivity contribution in [2.45, 2.75) is 58.0 Å². The van der Waals surface area contributed by atoms with E-state index in [1.54, 1.807) is 0 Å². The lowest BCUT2D eigenvalue weighted by molar-refractivity contribution is -0.178. The van der Waals surface area contributed by atoms with Crippen LogP contribution in [0.15, 0.2) is 0 Å². The van der Waals surface area contributed by atoms with Crippen molar-refractivity contribution in [3.63, 3.8) is 0 Å². The van der Waals surface area contributed by atoms with Crippen LogP contribution >= 0.6 is 0 Å². The zero-order chi connectivity index (χ0) is 13.8. The van der Waals surface area contributed by atoms with Crippen LogP contribution in [0.5, 0.6) is 0 Å². The second-order valence-electron chi connectivity index (χ2n) is 5.29. The van der Waals surface area contributed by atoms with E-state index in [-0.39, 0.29) is 18.9 Å². The van der Waals surface area contributed by atoms with Gasteiger partial charge in [-0.05, 0) is 25.2 Å². The average Bonchev–Trinajstić information content (AvgIpc) is 2.56. The third-order valence-electron chi connectivity index (χ3n) is 3.57. The largest absolute Gasteiger partial charge is 0.534 e. The lowest BCUT2D eigenvalue weighted by Gasteiger charge is -2.19. The van der Waals surface area contributed by atoms with Crippen LogP contribution in [0.4, 0.5) is 4.79 Å². The molecule has 0 aromatic heterocycles. The van der Waals surface area contributed by atoms with Crippen molar-refractivity contribution in [1.82, 2.24) is 5.06 Å². The van der Waals surface area contributed by atoms with E-state index < -0.39 is 18.0 Å². The zero-order valence-electron chi connectivity index (χ0n) is 11.1. The zero-order valence-corrected chi connectivity index (χ0v) is 11.1. The molecule has 2 amide bonds. The molecule has 0 bridgehead atoms. The summed E-state index contributed by atoms with van der Waals surface area (Å²) in [6.07, 6.45) is 3.94. The molecular weight excluding hydrogens is 250 g/mol. The van der Waals surface area contributed by atoms with Crippen molar-refractivity contribution in [2.75, 3.05) is 0 Å². The number of amides is 2. The van der Waals surface area contributed by atoms with Gasteiger partial charge in [0, 0.05) is 12.8 Å². The second-order valence-corrected chi connectivity index (χ2v) is 5.29. The third kappa shape index (κ3) is 3.68. The summed E-state index contributed by atoms with van der Waals surface area (Å²) in [6.45, 7) is 2.13. The molecule has 2 atom stereocenters. The maximum absolute atomic E-state index is 11.6. The van der Waals surface area contributed by atoms with E-state index in [1.165, 1.54) is 0 Å². The Hall–Kier alpha value is -1.59. The maximum atomic E-state index is 11.6. The Bertz CT molecular complexity index is 365. The molecule has 106 valence electrons. The molecule has 2 aliphatic rings. The van der Waals surface area contributed by atoms with E-state index in [9.17, 15) is 14.4 Å². The monoisotopic (exact) mass is 269 g/mol. The Balaban J connectivity index is 1.83. The van der Waals surface area contributed by atoms with E-state index in [4.69, 9.17) is 4.74 Å². The molecule has 2 rings (SSSR count). The summed E-state index contributed by atoms with van der Waals surface area (Å²) >= 11 is 0. The maximum Gasteiger partial charge on any atom is 0.534 e. The fourth-order valence-electron chi connectivity index (χ4n) is 2.55. The Kier molecular flexibility index (Phi) is 4.39. The minimum absolute atomic E-state index is 0.0899. The summed E-state index contributed by atoms with van der Waals surface area (Å²) < 4.78 is 5.19. The molecule has 0 N–H and O–H groups in total. The van der Waals surface area contributed by atoms with Crippen LogP contribution < -0.4 is 0 Å². The third-order valence-corrected chi connectivity index (χ3v) is 3.57. The molecule has 6 heteroatoms. The highest BCUT2D eigenvalue weighted by molar-refractivity contribution is 6.01. The summed E-state index contributed by atoms with van der Waals surface area (Å²) in [5.41, 5.74) is 0. The Morgan fingerprint density at radius 2 is 1.79 bits per heavy atom. The number of ether oxygens (including phenoxy) is 1. The summed E-state index contributed by atoms with van der Waals surface area (Å²) in [7, 11) is 0. The Labute approximate surface area is 112 Å². The average molecular weight is 269 g/mol. The molecule has 19 heavy (non-hydrogen) atoms. The van der Waals surface area contributed by atoms with Gasteiger partial charge in [0.2, 0.25) is 0 Å². The number of rotatable bonds is 2. The fourth-order valence-corrected chi connectivity index (χ4v) is 2.55. The molecule has 0 aromatic carbocycles. The first-order valence-corrected chi connectivity index (χ1v) is 6.80. The van der Waals surface area contributed by atoms with Crippen LogP contribution in [-0.2, 0) is 19.2 Å². The lowest BCUT2D eigenvalue weighted by atomic mass is 10.0. The molecular formula is C13H19NO5. The van der Waals surface area contributed by atoms with Gasteiger partial charge in [-0.15, -0.1) is 0 Å². The summed E-state index contributed by atoms with van der Waals surface area (Å²) in [6, 6.07) is 0. The molecule has 1 aliphatic heterocycles. The van der Waals surface area contributed by atoms with E-state index in [0.29, 0.717) is 11.0 Å². The quantitative estimate of drug-likeness (QED) is 0.436. The lowest BCUT2D eigenvalue weighted by Crippen LogP contribution is -2.33. The summed E-state index contributed by atoms with van der Waals surface area (Å²) in [5.74, 6) is -0.470. The van der Waals surface area contributed by atoms with Crippen LogP contribution in [-0.4, -0.2) is 29.1 Å². The van der Waals surface area contributed by atoms with Crippen molar-refractivity contribution >= 4 is 18.0 Å². The molecule has 1 heterocycles. The minimum atomic E-state index is -0.956. The molecule has 1 saturated carbocycles. The van der Waals surface area contributed by atoms with Crippen LogP contribution in [0.3, 0.4) is 0 Å². The first-order chi connectivity index (χ1) is 9.06. The topological polar surface area (TPSA) is 72.9 Å². The van der Waals surface area contributed by atoms with Gasteiger partial charge >= 0.3 is 6.16 Å². The van der Waals surface area contributed by atoms with Gasteiger partial charge in [-0.25, -0.2) is 4.79 Å². The first kappa shape index (κ1) is 13.8. The van der Waals surface area contributed by atoms with Gasteiger partial charge in [0.15, 0.2) is 0 Å². The highest BCUT2D eigenvalue weighted by atomic mass is 16.8. The minimum Gasteiger partial charge on any atom is -0.429 e. The van der Waals surface area contributed by atoms with Crippen molar-refractivity contribution in [1.29, 1.82) is 0 Å². The molecule has 0 aromatic rings. The van der Waals surface area contributed by atoms with Crippen LogP contribution in [0.25, 0.3) is 0 Å². The number of hydrogen-bond acceptors (Lipinski definition) is 5. The predicted molar refractivity (Wildman–Crippen MR) is 64.7 cm³/mol. The molecule has 0 radical (unpaired) electrons. The summed E-state index contributed by atoms with van der Waals surface area (Å²) in [4.78, 5) is 38.9. The van der Waals surface area contributed by atoms with Crippen molar-refractivity contribution < 1.29 is 24.0 Å². The Morgan fingerprint density at radius 1 is 1.16 bits per heavy atom. The van der Waals surface area contributed by atoms with E-state index in [1.807, 2.05) is 0 Å². The number of nitrogens with zero attached hydrogens (tertiary/aromatic N) is 1. The van der Waals surface area contributed by atoms with Crippen molar-refractivity contribution in [3.05, 3.63) is 0 Å². The van der Waals surface area contributed by atoms with E-state index in [0.717, 1.165) is 32.1 Å². The highest BCUT2D eigenvalue weighted by Crippen LogP contribution is 2.25. The SMILES string of the molecule is CC1CCCCC(OC(=O)ON2C(=O)CCC2=O)C1. The number of hydrogen-bond donors (Lipinski definition) is 0. The molecule has 2 fully saturated rings. The second kappa shape index (κ2) is 6.04.